The molecule has 2 aromatic carbocycles. The number of rotatable bonds is 2. The van der Waals surface area contributed by atoms with E-state index in [0.29, 0.717) is 16.1 Å². The molecule has 0 aliphatic rings. The van der Waals surface area contributed by atoms with Crippen molar-refractivity contribution in [2.24, 2.45) is 0 Å². The Bertz CT molecular complexity index is 916. The summed E-state index contributed by atoms with van der Waals surface area (Å²) in [4.78, 5) is 24.0. The first-order chi connectivity index (χ1) is 10.6. The van der Waals surface area contributed by atoms with Gasteiger partial charge in [-0.25, -0.2) is 4.79 Å². The largest absolute Gasteiger partial charge is 0.501 e. The molecule has 5 nitrogen and oxygen atoms in total. The molecule has 0 saturated heterocycles. The van der Waals surface area contributed by atoms with Gasteiger partial charge in [-0.3, -0.25) is 4.79 Å². The highest BCUT2D eigenvalue weighted by Gasteiger charge is 2.20. The minimum Gasteiger partial charge on any atom is -0.501 e. The second-order valence-electron chi connectivity index (χ2n) is 4.57. The molecule has 0 unspecified atom stereocenters. The fourth-order valence-corrected chi connectivity index (χ4v) is 2.22. The number of benzene rings is 2. The van der Waals surface area contributed by atoms with E-state index in [1.165, 1.54) is 0 Å². The first-order valence-corrected chi connectivity index (χ1v) is 6.76. The molecule has 110 valence electrons. The van der Waals surface area contributed by atoms with Crippen LogP contribution in [0.15, 0.2) is 57.7 Å². The second-order valence-corrected chi connectivity index (χ2v) is 5.01. The molecule has 0 spiro atoms. The summed E-state index contributed by atoms with van der Waals surface area (Å²) in [5.41, 5.74) is -0.362. The van der Waals surface area contributed by atoms with Crippen LogP contribution in [-0.4, -0.2) is 11.0 Å². The number of carbonyl (C=O) groups is 1. The molecule has 1 heterocycles. The number of amides is 1. The van der Waals surface area contributed by atoms with Gasteiger partial charge >= 0.3 is 5.63 Å². The van der Waals surface area contributed by atoms with E-state index in [9.17, 15) is 14.7 Å². The highest BCUT2D eigenvalue weighted by molar-refractivity contribution is 6.30. The van der Waals surface area contributed by atoms with Gasteiger partial charge in [-0.2, -0.15) is 0 Å². The lowest BCUT2D eigenvalue weighted by atomic mass is 10.1. The van der Waals surface area contributed by atoms with E-state index in [1.54, 1.807) is 48.5 Å². The van der Waals surface area contributed by atoms with Crippen LogP contribution in [0.25, 0.3) is 11.0 Å². The standard InChI is InChI=1S/C16H10ClNO4/c17-9-5-7-10(8-6-9)18-15(20)13-11-3-1-2-4-12(11)22-16(21)14(13)19/h1-8,19H,(H,18,20). The van der Waals surface area contributed by atoms with Crippen LogP contribution in [-0.2, 0) is 0 Å². The summed E-state index contributed by atoms with van der Waals surface area (Å²) >= 11 is 5.78. The summed E-state index contributed by atoms with van der Waals surface area (Å²) in [6, 6.07) is 13.0. The zero-order chi connectivity index (χ0) is 15.7. The van der Waals surface area contributed by atoms with Gasteiger partial charge in [0.1, 0.15) is 11.1 Å². The number of halogens is 1. The molecule has 0 fully saturated rings. The molecule has 2 N–H and O–H groups in total. The Morgan fingerprint density at radius 3 is 2.50 bits per heavy atom. The molecule has 0 atom stereocenters. The van der Waals surface area contributed by atoms with Crippen LogP contribution < -0.4 is 10.9 Å². The number of aromatic hydroxyl groups is 1. The molecule has 0 aliphatic heterocycles. The van der Waals surface area contributed by atoms with Gasteiger partial charge in [0.25, 0.3) is 5.91 Å². The molecule has 0 aliphatic carbocycles. The van der Waals surface area contributed by atoms with Crippen molar-refractivity contribution in [3.8, 4) is 5.75 Å². The number of hydrogen-bond donors (Lipinski definition) is 2. The molecule has 6 heteroatoms. The van der Waals surface area contributed by atoms with Crippen LogP contribution in [0.4, 0.5) is 5.69 Å². The van der Waals surface area contributed by atoms with Gasteiger partial charge in [-0.05, 0) is 30.3 Å². The maximum absolute atomic E-state index is 12.4. The monoisotopic (exact) mass is 315 g/mol. The lowest BCUT2D eigenvalue weighted by Crippen LogP contribution is -2.16. The number of anilines is 1. The van der Waals surface area contributed by atoms with Gasteiger partial charge in [-0.15, -0.1) is 0 Å². The third-order valence-corrected chi connectivity index (χ3v) is 3.37. The van der Waals surface area contributed by atoms with Gasteiger partial charge in [0.2, 0.25) is 5.75 Å². The van der Waals surface area contributed by atoms with E-state index in [-0.39, 0.29) is 11.1 Å². The van der Waals surface area contributed by atoms with E-state index in [0.717, 1.165) is 0 Å². The third kappa shape index (κ3) is 2.54. The normalized spacial score (nSPS) is 10.6. The Labute approximate surface area is 129 Å². The van der Waals surface area contributed by atoms with Crippen LogP contribution in [0.5, 0.6) is 5.75 Å². The van der Waals surface area contributed by atoms with E-state index < -0.39 is 17.3 Å². The number of para-hydroxylation sites is 1. The van der Waals surface area contributed by atoms with Crippen molar-refractivity contribution in [2.45, 2.75) is 0 Å². The average Bonchev–Trinajstić information content (AvgIpc) is 2.50. The number of carbonyl (C=O) groups excluding carboxylic acids is 1. The van der Waals surface area contributed by atoms with Crippen molar-refractivity contribution in [3.05, 3.63) is 69.5 Å². The van der Waals surface area contributed by atoms with Crippen molar-refractivity contribution in [1.82, 2.24) is 0 Å². The van der Waals surface area contributed by atoms with E-state index in [2.05, 4.69) is 5.32 Å². The van der Waals surface area contributed by atoms with Gasteiger partial charge in [0, 0.05) is 16.1 Å². The Balaban J connectivity index is 2.09. The molecule has 1 amide bonds. The maximum atomic E-state index is 12.4. The number of nitrogens with one attached hydrogen (secondary N) is 1. The van der Waals surface area contributed by atoms with Gasteiger partial charge in [0.15, 0.2) is 0 Å². The summed E-state index contributed by atoms with van der Waals surface area (Å²) in [5, 5.41) is 13.4. The average molecular weight is 316 g/mol. The van der Waals surface area contributed by atoms with Crippen LogP contribution in [0.2, 0.25) is 5.02 Å². The van der Waals surface area contributed by atoms with Crippen LogP contribution in [0, 0.1) is 0 Å². The zero-order valence-electron chi connectivity index (χ0n) is 11.2. The first kappa shape index (κ1) is 14.2. The SMILES string of the molecule is O=C(Nc1ccc(Cl)cc1)c1c(O)c(=O)oc2ccccc12. The Morgan fingerprint density at radius 1 is 1.09 bits per heavy atom. The zero-order valence-corrected chi connectivity index (χ0v) is 11.9. The van der Waals surface area contributed by atoms with E-state index in [4.69, 9.17) is 16.0 Å². The van der Waals surface area contributed by atoms with Gasteiger partial charge in [-0.1, -0.05) is 29.8 Å². The molecule has 3 rings (SSSR count). The molecular weight excluding hydrogens is 306 g/mol. The maximum Gasteiger partial charge on any atom is 0.379 e. The summed E-state index contributed by atoms with van der Waals surface area (Å²) in [7, 11) is 0. The molecule has 1 aromatic heterocycles. The molecule has 3 aromatic rings. The van der Waals surface area contributed by atoms with Crippen LogP contribution in [0.3, 0.4) is 0 Å². The summed E-state index contributed by atoms with van der Waals surface area (Å²) in [5.74, 6) is -1.32. The van der Waals surface area contributed by atoms with Crippen molar-refractivity contribution in [2.75, 3.05) is 5.32 Å². The van der Waals surface area contributed by atoms with Crippen molar-refractivity contribution in [1.29, 1.82) is 0 Å². The third-order valence-electron chi connectivity index (χ3n) is 3.12. The highest BCUT2D eigenvalue weighted by atomic mass is 35.5. The predicted octanol–water partition coefficient (Wildman–Crippen LogP) is 3.40. The lowest BCUT2D eigenvalue weighted by molar-refractivity contribution is 0.102. The topological polar surface area (TPSA) is 79.5 Å². The van der Waals surface area contributed by atoms with E-state index >= 15 is 0 Å². The molecule has 0 radical (unpaired) electrons. The molecule has 22 heavy (non-hydrogen) atoms. The van der Waals surface area contributed by atoms with Crippen LogP contribution >= 0.6 is 11.6 Å². The first-order valence-electron chi connectivity index (χ1n) is 6.38. The minimum atomic E-state index is -0.958. The Kier molecular flexibility index (Phi) is 3.56. The van der Waals surface area contributed by atoms with Crippen LogP contribution in [0.1, 0.15) is 10.4 Å². The molecule has 0 bridgehead atoms. The van der Waals surface area contributed by atoms with Crippen molar-refractivity contribution < 1.29 is 14.3 Å². The summed E-state index contributed by atoms with van der Waals surface area (Å²) in [6.07, 6.45) is 0. The van der Waals surface area contributed by atoms with Crippen molar-refractivity contribution in [3.63, 3.8) is 0 Å². The van der Waals surface area contributed by atoms with Crippen molar-refractivity contribution >= 4 is 34.2 Å². The summed E-state index contributed by atoms with van der Waals surface area (Å²) in [6.45, 7) is 0. The number of hydrogen-bond acceptors (Lipinski definition) is 4. The fraction of sp³-hybridized carbons (Fsp3) is 0. The van der Waals surface area contributed by atoms with E-state index in [1.807, 2.05) is 0 Å². The smallest absolute Gasteiger partial charge is 0.379 e. The molecular formula is C16H10ClNO4. The molecule has 0 saturated carbocycles. The minimum absolute atomic E-state index is 0.123. The van der Waals surface area contributed by atoms with Gasteiger partial charge in [0.05, 0.1) is 0 Å². The second kappa shape index (κ2) is 5.54. The summed E-state index contributed by atoms with van der Waals surface area (Å²) < 4.78 is 4.95. The Hall–Kier alpha value is -2.79. The fourth-order valence-electron chi connectivity index (χ4n) is 2.10. The number of fused-ring (bicyclic) bond motifs is 1. The Morgan fingerprint density at radius 2 is 1.77 bits per heavy atom. The quantitative estimate of drug-likeness (QED) is 0.710. The van der Waals surface area contributed by atoms with Gasteiger partial charge < -0.3 is 14.8 Å². The highest BCUT2D eigenvalue weighted by Crippen LogP contribution is 2.25. The lowest BCUT2D eigenvalue weighted by Gasteiger charge is -2.08. The predicted molar refractivity (Wildman–Crippen MR) is 83.6 cm³/mol.